The van der Waals surface area contributed by atoms with E-state index < -0.39 is 5.60 Å². The standard InChI is InChI=1S/C16H27N3O2/c1-3-18-9-7-17-15(18)11-19-8-4-5-14(19)13-12-21-10-6-16(13,2)20/h7,9,13-14,20H,3-6,8,10-12H2,1-2H3/t13-,14+,16-/m0/s1. The van der Waals surface area contributed by atoms with Gasteiger partial charge in [-0.1, -0.05) is 0 Å². The summed E-state index contributed by atoms with van der Waals surface area (Å²) < 4.78 is 7.85. The molecule has 0 radical (unpaired) electrons. The average molecular weight is 293 g/mol. The fourth-order valence-electron chi connectivity index (χ4n) is 3.84. The minimum atomic E-state index is -0.605. The summed E-state index contributed by atoms with van der Waals surface area (Å²) in [6.45, 7) is 8.40. The van der Waals surface area contributed by atoms with Crippen molar-refractivity contribution in [3.05, 3.63) is 18.2 Å². The molecule has 0 unspecified atom stereocenters. The van der Waals surface area contributed by atoms with Gasteiger partial charge in [0.2, 0.25) is 0 Å². The molecule has 3 rings (SSSR count). The van der Waals surface area contributed by atoms with Crippen LogP contribution in [0.3, 0.4) is 0 Å². The van der Waals surface area contributed by atoms with Crippen molar-refractivity contribution < 1.29 is 9.84 Å². The van der Waals surface area contributed by atoms with Gasteiger partial charge in [0.15, 0.2) is 0 Å². The first kappa shape index (κ1) is 15.0. The third kappa shape index (κ3) is 3.00. The minimum Gasteiger partial charge on any atom is -0.390 e. The molecule has 1 N–H and O–H groups in total. The second-order valence-corrected chi connectivity index (χ2v) is 6.60. The van der Waals surface area contributed by atoms with E-state index >= 15 is 0 Å². The molecule has 5 heteroatoms. The Morgan fingerprint density at radius 1 is 1.52 bits per heavy atom. The highest BCUT2D eigenvalue weighted by Gasteiger charge is 2.44. The fourth-order valence-corrected chi connectivity index (χ4v) is 3.84. The van der Waals surface area contributed by atoms with Crippen molar-refractivity contribution in [1.29, 1.82) is 0 Å². The number of likely N-dealkylation sites (tertiary alicyclic amines) is 1. The summed E-state index contributed by atoms with van der Waals surface area (Å²) in [5, 5.41) is 10.7. The summed E-state index contributed by atoms with van der Waals surface area (Å²) in [5.41, 5.74) is -0.605. The fraction of sp³-hybridized carbons (Fsp3) is 0.812. The largest absolute Gasteiger partial charge is 0.390 e. The number of hydrogen-bond donors (Lipinski definition) is 1. The van der Waals surface area contributed by atoms with E-state index in [9.17, 15) is 5.11 Å². The summed E-state index contributed by atoms with van der Waals surface area (Å²) in [4.78, 5) is 6.98. The molecule has 0 aliphatic carbocycles. The Hall–Kier alpha value is -0.910. The van der Waals surface area contributed by atoms with Crippen molar-refractivity contribution in [3.63, 3.8) is 0 Å². The highest BCUT2D eigenvalue weighted by atomic mass is 16.5. The molecule has 0 aromatic carbocycles. The third-order valence-corrected chi connectivity index (χ3v) is 5.21. The van der Waals surface area contributed by atoms with Gasteiger partial charge in [0.05, 0.1) is 18.8 Å². The van der Waals surface area contributed by atoms with E-state index in [-0.39, 0.29) is 5.92 Å². The van der Waals surface area contributed by atoms with Crippen LogP contribution < -0.4 is 0 Å². The van der Waals surface area contributed by atoms with Crippen molar-refractivity contribution in [2.24, 2.45) is 5.92 Å². The van der Waals surface area contributed by atoms with Gasteiger partial charge in [0.25, 0.3) is 0 Å². The molecule has 5 nitrogen and oxygen atoms in total. The lowest BCUT2D eigenvalue weighted by Gasteiger charge is -2.43. The Balaban J connectivity index is 1.73. The van der Waals surface area contributed by atoms with Crippen LogP contribution in [-0.4, -0.2) is 51.0 Å². The van der Waals surface area contributed by atoms with E-state index in [2.05, 4.69) is 21.4 Å². The van der Waals surface area contributed by atoms with Gasteiger partial charge < -0.3 is 14.4 Å². The van der Waals surface area contributed by atoms with Gasteiger partial charge in [-0.25, -0.2) is 4.98 Å². The Labute approximate surface area is 126 Å². The number of ether oxygens (including phenoxy) is 1. The first-order valence-corrected chi connectivity index (χ1v) is 8.16. The van der Waals surface area contributed by atoms with Crippen LogP contribution in [-0.2, 0) is 17.8 Å². The van der Waals surface area contributed by atoms with Gasteiger partial charge in [-0.2, -0.15) is 0 Å². The van der Waals surface area contributed by atoms with Gasteiger partial charge in [-0.3, -0.25) is 4.90 Å². The summed E-state index contributed by atoms with van der Waals surface area (Å²) in [6.07, 6.45) is 7.01. The minimum absolute atomic E-state index is 0.207. The number of rotatable bonds is 4. The van der Waals surface area contributed by atoms with Crippen LogP contribution in [0.15, 0.2) is 12.4 Å². The second kappa shape index (κ2) is 6.07. The normalized spacial score (nSPS) is 34.4. The molecule has 2 aliphatic heterocycles. The van der Waals surface area contributed by atoms with Crippen LogP contribution >= 0.6 is 0 Å². The van der Waals surface area contributed by atoms with Crippen molar-refractivity contribution in [2.45, 2.75) is 57.8 Å². The molecule has 0 amide bonds. The van der Waals surface area contributed by atoms with Crippen LogP contribution in [0.5, 0.6) is 0 Å². The molecule has 2 fully saturated rings. The summed E-state index contributed by atoms with van der Waals surface area (Å²) in [5.74, 6) is 1.33. The zero-order valence-corrected chi connectivity index (χ0v) is 13.2. The summed E-state index contributed by atoms with van der Waals surface area (Å²) in [7, 11) is 0. The van der Waals surface area contributed by atoms with Crippen molar-refractivity contribution >= 4 is 0 Å². The SMILES string of the molecule is CCn1ccnc1CN1CCC[C@@H]1[C@@H]1COCC[C@]1(C)O. The molecule has 2 aliphatic rings. The maximum absolute atomic E-state index is 10.7. The number of nitrogens with zero attached hydrogens (tertiary/aromatic N) is 3. The topological polar surface area (TPSA) is 50.5 Å². The first-order valence-electron chi connectivity index (χ1n) is 8.16. The molecule has 0 bridgehead atoms. The Morgan fingerprint density at radius 2 is 2.38 bits per heavy atom. The van der Waals surface area contributed by atoms with Crippen LogP contribution in [0.4, 0.5) is 0 Å². The van der Waals surface area contributed by atoms with Crippen molar-refractivity contribution in [1.82, 2.24) is 14.5 Å². The molecule has 3 atom stereocenters. The zero-order chi connectivity index (χ0) is 14.9. The Morgan fingerprint density at radius 3 is 3.14 bits per heavy atom. The van der Waals surface area contributed by atoms with Crippen LogP contribution in [0.25, 0.3) is 0 Å². The van der Waals surface area contributed by atoms with Crippen LogP contribution in [0.2, 0.25) is 0 Å². The molecule has 3 heterocycles. The molecule has 1 aromatic rings. The predicted octanol–water partition coefficient (Wildman–Crippen LogP) is 1.65. The van der Waals surface area contributed by atoms with E-state index in [0.29, 0.717) is 19.3 Å². The quantitative estimate of drug-likeness (QED) is 0.917. The second-order valence-electron chi connectivity index (χ2n) is 6.60. The van der Waals surface area contributed by atoms with Crippen molar-refractivity contribution in [2.75, 3.05) is 19.8 Å². The monoisotopic (exact) mass is 293 g/mol. The van der Waals surface area contributed by atoms with Gasteiger partial charge in [0.1, 0.15) is 5.82 Å². The number of aryl methyl sites for hydroxylation is 1. The zero-order valence-electron chi connectivity index (χ0n) is 13.2. The van der Waals surface area contributed by atoms with E-state index in [0.717, 1.165) is 38.3 Å². The van der Waals surface area contributed by atoms with E-state index in [1.165, 1.54) is 6.42 Å². The van der Waals surface area contributed by atoms with Crippen LogP contribution in [0.1, 0.15) is 38.9 Å². The Bertz CT molecular complexity index is 472. The lowest BCUT2D eigenvalue weighted by molar-refractivity contribution is -0.123. The predicted molar refractivity (Wildman–Crippen MR) is 80.9 cm³/mol. The summed E-state index contributed by atoms with van der Waals surface area (Å²) in [6, 6.07) is 0.405. The highest BCUT2D eigenvalue weighted by Crippen LogP contribution is 2.36. The highest BCUT2D eigenvalue weighted by molar-refractivity contribution is 4.99. The average Bonchev–Trinajstić information content (AvgIpc) is 3.08. The number of aliphatic hydroxyl groups is 1. The van der Waals surface area contributed by atoms with Crippen LogP contribution in [0, 0.1) is 5.92 Å². The number of hydrogen-bond acceptors (Lipinski definition) is 4. The van der Waals surface area contributed by atoms with E-state index in [4.69, 9.17) is 4.74 Å². The molecule has 118 valence electrons. The maximum Gasteiger partial charge on any atom is 0.122 e. The molecular formula is C16H27N3O2. The summed E-state index contributed by atoms with van der Waals surface area (Å²) >= 11 is 0. The molecule has 0 spiro atoms. The van der Waals surface area contributed by atoms with Gasteiger partial charge in [-0.15, -0.1) is 0 Å². The van der Waals surface area contributed by atoms with Gasteiger partial charge in [-0.05, 0) is 39.7 Å². The molecule has 1 aromatic heterocycles. The van der Waals surface area contributed by atoms with E-state index in [1.807, 2.05) is 19.3 Å². The lowest BCUT2D eigenvalue weighted by atomic mass is 9.79. The van der Waals surface area contributed by atoms with Gasteiger partial charge in [0, 0.05) is 37.5 Å². The molecule has 2 saturated heterocycles. The Kier molecular flexibility index (Phi) is 4.33. The number of aromatic nitrogens is 2. The molecular weight excluding hydrogens is 266 g/mol. The van der Waals surface area contributed by atoms with Crippen molar-refractivity contribution in [3.8, 4) is 0 Å². The number of imidazole rings is 1. The third-order valence-electron chi connectivity index (χ3n) is 5.21. The first-order chi connectivity index (χ1) is 10.1. The molecule has 0 saturated carbocycles. The van der Waals surface area contributed by atoms with Gasteiger partial charge >= 0.3 is 0 Å². The smallest absolute Gasteiger partial charge is 0.122 e. The van der Waals surface area contributed by atoms with E-state index in [1.54, 1.807) is 0 Å². The maximum atomic E-state index is 10.7. The molecule has 21 heavy (non-hydrogen) atoms. The lowest BCUT2D eigenvalue weighted by Crippen LogP contribution is -2.52.